The van der Waals surface area contributed by atoms with Crippen LogP contribution in [0.15, 0.2) is 18.2 Å². The van der Waals surface area contributed by atoms with Crippen LogP contribution in [-0.2, 0) is 10.5 Å². The Hall–Kier alpha value is -1.00. The summed E-state index contributed by atoms with van der Waals surface area (Å²) in [5, 5.41) is 9.62. The highest BCUT2D eigenvalue weighted by molar-refractivity contribution is 7.98. The first-order chi connectivity index (χ1) is 7.65. The topological polar surface area (TPSA) is 46.5 Å². The van der Waals surface area contributed by atoms with Gasteiger partial charge in [-0.25, -0.2) is 0 Å². The smallest absolute Gasteiger partial charge is 0.159 e. The van der Waals surface area contributed by atoms with Crippen molar-refractivity contribution in [2.24, 2.45) is 0 Å². The van der Waals surface area contributed by atoms with E-state index in [0.717, 1.165) is 11.3 Å². The van der Waals surface area contributed by atoms with Gasteiger partial charge in [-0.3, -0.25) is 4.79 Å². The van der Waals surface area contributed by atoms with Crippen molar-refractivity contribution in [2.75, 3.05) is 19.5 Å². The standard InChI is InChI=1S/C12H16O3S/c1-9(13)10-3-4-12(14)11(7-10)8-16-6-5-15-2/h3-4,7,14H,5-6,8H2,1-2H3. The first-order valence-electron chi connectivity index (χ1n) is 5.04. The van der Waals surface area contributed by atoms with Crippen molar-refractivity contribution < 1.29 is 14.6 Å². The van der Waals surface area contributed by atoms with Crippen molar-refractivity contribution in [1.82, 2.24) is 0 Å². The van der Waals surface area contributed by atoms with Crippen molar-refractivity contribution in [1.29, 1.82) is 0 Å². The van der Waals surface area contributed by atoms with Gasteiger partial charge >= 0.3 is 0 Å². The van der Waals surface area contributed by atoms with E-state index in [2.05, 4.69) is 0 Å². The predicted octanol–water partition coefficient (Wildman–Crippen LogP) is 2.47. The Morgan fingerprint density at radius 2 is 2.25 bits per heavy atom. The molecule has 0 heterocycles. The van der Waals surface area contributed by atoms with Gasteiger partial charge in [-0.2, -0.15) is 11.8 Å². The number of phenols is 1. The van der Waals surface area contributed by atoms with E-state index >= 15 is 0 Å². The predicted molar refractivity (Wildman–Crippen MR) is 66.1 cm³/mol. The summed E-state index contributed by atoms with van der Waals surface area (Å²) in [4.78, 5) is 11.2. The minimum absolute atomic E-state index is 0.0168. The highest BCUT2D eigenvalue weighted by Gasteiger charge is 2.05. The lowest BCUT2D eigenvalue weighted by molar-refractivity contribution is 0.101. The van der Waals surface area contributed by atoms with Crippen molar-refractivity contribution in [3.8, 4) is 5.75 Å². The number of carbonyl (C=O) groups excluding carboxylic acids is 1. The molecular formula is C12H16O3S. The number of benzene rings is 1. The Bertz CT molecular complexity index is 363. The normalized spacial score (nSPS) is 10.4. The molecule has 3 nitrogen and oxygen atoms in total. The van der Waals surface area contributed by atoms with Crippen LogP contribution in [0.5, 0.6) is 5.75 Å². The first-order valence-corrected chi connectivity index (χ1v) is 6.20. The second kappa shape index (κ2) is 6.55. The summed E-state index contributed by atoms with van der Waals surface area (Å²) < 4.78 is 4.93. The average molecular weight is 240 g/mol. The third-order valence-corrected chi connectivity index (χ3v) is 3.15. The van der Waals surface area contributed by atoms with Gasteiger partial charge < -0.3 is 9.84 Å². The maximum absolute atomic E-state index is 11.2. The molecule has 1 aromatic rings. The molecule has 0 saturated carbocycles. The summed E-state index contributed by atoms with van der Waals surface area (Å²) in [6.07, 6.45) is 0. The van der Waals surface area contributed by atoms with E-state index in [1.54, 1.807) is 37.1 Å². The van der Waals surface area contributed by atoms with Gasteiger partial charge in [-0.05, 0) is 25.1 Å². The Morgan fingerprint density at radius 1 is 1.50 bits per heavy atom. The van der Waals surface area contributed by atoms with Crippen LogP contribution in [0.2, 0.25) is 0 Å². The van der Waals surface area contributed by atoms with Gasteiger partial charge in [-0.1, -0.05) is 0 Å². The van der Waals surface area contributed by atoms with Crippen LogP contribution in [0.1, 0.15) is 22.8 Å². The van der Waals surface area contributed by atoms with E-state index < -0.39 is 0 Å². The molecule has 0 atom stereocenters. The minimum Gasteiger partial charge on any atom is -0.508 e. The van der Waals surface area contributed by atoms with Crippen molar-refractivity contribution in [3.05, 3.63) is 29.3 Å². The molecule has 1 rings (SSSR count). The van der Waals surface area contributed by atoms with Gasteiger partial charge in [0, 0.05) is 29.7 Å². The number of thioether (sulfide) groups is 1. The zero-order valence-electron chi connectivity index (χ0n) is 9.53. The summed E-state index contributed by atoms with van der Waals surface area (Å²) in [6, 6.07) is 4.96. The molecule has 0 spiro atoms. The summed E-state index contributed by atoms with van der Waals surface area (Å²) in [6.45, 7) is 2.21. The molecule has 0 aromatic heterocycles. The van der Waals surface area contributed by atoms with Crippen LogP contribution in [0.25, 0.3) is 0 Å². The van der Waals surface area contributed by atoms with Crippen molar-refractivity contribution in [2.45, 2.75) is 12.7 Å². The van der Waals surface area contributed by atoms with Crippen molar-refractivity contribution in [3.63, 3.8) is 0 Å². The van der Waals surface area contributed by atoms with Crippen LogP contribution in [0.4, 0.5) is 0 Å². The molecule has 0 aliphatic rings. The Labute approximate surface area is 99.8 Å². The maximum Gasteiger partial charge on any atom is 0.159 e. The van der Waals surface area contributed by atoms with Crippen LogP contribution in [0, 0.1) is 0 Å². The quantitative estimate of drug-likeness (QED) is 0.613. The zero-order chi connectivity index (χ0) is 12.0. The monoisotopic (exact) mass is 240 g/mol. The second-order valence-corrected chi connectivity index (χ2v) is 4.55. The van der Waals surface area contributed by atoms with Crippen LogP contribution in [-0.4, -0.2) is 30.4 Å². The van der Waals surface area contributed by atoms with Gasteiger partial charge in [0.05, 0.1) is 6.61 Å². The number of hydrogen-bond donors (Lipinski definition) is 1. The number of ether oxygens (including phenoxy) is 1. The summed E-state index contributed by atoms with van der Waals surface area (Å²) in [5.74, 6) is 1.83. The molecule has 0 fully saturated rings. The number of hydrogen-bond acceptors (Lipinski definition) is 4. The number of phenolic OH excluding ortho intramolecular Hbond substituents is 1. The molecule has 0 unspecified atom stereocenters. The largest absolute Gasteiger partial charge is 0.508 e. The minimum atomic E-state index is 0.0168. The molecule has 1 N–H and O–H groups in total. The molecule has 0 bridgehead atoms. The highest BCUT2D eigenvalue weighted by Crippen LogP contribution is 2.23. The molecule has 0 saturated heterocycles. The average Bonchev–Trinajstić information content (AvgIpc) is 2.26. The summed E-state index contributed by atoms with van der Waals surface area (Å²) >= 11 is 1.67. The molecule has 88 valence electrons. The molecule has 1 aromatic carbocycles. The molecular weight excluding hydrogens is 224 g/mol. The van der Waals surface area contributed by atoms with E-state index in [0.29, 0.717) is 17.9 Å². The van der Waals surface area contributed by atoms with Gasteiger partial charge in [0.25, 0.3) is 0 Å². The number of carbonyl (C=O) groups is 1. The van der Waals surface area contributed by atoms with E-state index in [-0.39, 0.29) is 11.5 Å². The fourth-order valence-corrected chi connectivity index (χ4v) is 2.12. The zero-order valence-corrected chi connectivity index (χ0v) is 10.3. The third-order valence-electron chi connectivity index (χ3n) is 2.18. The number of rotatable bonds is 6. The van der Waals surface area contributed by atoms with Gasteiger partial charge in [0.2, 0.25) is 0 Å². The number of aromatic hydroxyl groups is 1. The Balaban J connectivity index is 2.63. The van der Waals surface area contributed by atoms with E-state index in [9.17, 15) is 9.90 Å². The molecule has 16 heavy (non-hydrogen) atoms. The lowest BCUT2D eigenvalue weighted by Gasteiger charge is -2.06. The summed E-state index contributed by atoms with van der Waals surface area (Å²) in [5.41, 5.74) is 1.44. The number of Topliss-reactive ketones (excluding diaryl/α,β-unsaturated/α-hetero) is 1. The van der Waals surface area contributed by atoms with E-state index in [1.165, 1.54) is 6.92 Å². The second-order valence-electron chi connectivity index (χ2n) is 3.45. The van der Waals surface area contributed by atoms with Crippen molar-refractivity contribution >= 4 is 17.5 Å². The fraction of sp³-hybridized carbons (Fsp3) is 0.417. The third kappa shape index (κ3) is 3.87. The fourth-order valence-electron chi connectivity index (χ4n) is 1.24. The molecule has 0 amide bonds. The maximum atomic E-state index is 11.2. The van der Waals surface area contributed by atoms with Crippen LogP contribution < -0.4 is 0 Å². The molecule has 0 aliphatic carbocycles. The molecule has 4 heteroatoms. The SMILES string of the molecule is COCCSCc1cc(C(C)=O)ccc1O. The highest BCUT2D eigenvalue weighted by atomic mass is 32.2. The summed E-state index contributed by atoms with van der Waals surface area (Å²) in [7, 11) is 1.66. The van der Waals surface area contributed by atoms with Crippen LogP contribution >= 0.6 is 11.8 Å². The molecule has 0 aliphatic heterocycles. The van der Waals surface area contributed by atoms with Gasteiger partial charge in [0.15, 0.2) is 5.78 Å². The Morgan fingerprint density at radius 3 is 2.88 bits per heavy atom. The van der Waals surface area contributed by atoms with Crippen LogP contribution in [0.3, 0.4) is 0 Å². The molecule has 0 radical (unpaired) electrons. The number of methoxy groups -OCH3 is 1. The van der Waals surface area contributed by atoms with Gasteiger partial charge in [-0.15, -0.1) is 0 Å². The van der Waals surface area contributed by atoms with E-state index in [4.69, 9.17) is 4.74 Å². The van der Waals surface area contributed by atoms with E-state index in [1.807, 2.05) is 0 Å². The van der Waals surface area contributed by atoms with Gasteiger partial charge in [0.1, 0.15) is 5.75 Å². The Kier molecular flexibility index (Phi) is 5.35. The lowest BCUT2D eigenvalue weighted by atomic mass is 10.1. The number of ketones is 1. The first kappa shape index (κ1) is 13.1. The lowest BCUT2D eigenvalue weighted by Crippen LogP contribution is -1.95.